The standard InChI is InChI=1S/C16H18N2O3/c1-8-13(10(3)18-16(21)9(2)17)15(20)12-7-5-4-6-11(12)14(8)19/h4-7,9-10H,17H2,1-3H3,(H,18,21)/t9-,10?/m0/s1. The van der Waals surface area contributed by atoms with Crippen LogP contribution in [0.5, 0.6) is 0 Å². The minimum Gasteiger partial charge on any atom is -0.348 e. The molecule has 2 rings (SSSR count). The van der Waals surface area contributed by atoms with Gasteiger partial charge in [0.25, 0.3) is 0 Å². The summed E-state index contributed by atoms with van der Waals surface area (Å²) in [5, 5.41) is 2.67. The molecule has 1 aliphatic rings. The average molecular weight is 286 g/mol. The van der Waals surface area contributed by atoms with Crippen LogP contribution in [-0.4, -0.2) is 29.6 Å². The molecule has 0 aromatic heterocycles. The Labute approximate surface area is 123 Å². The third-order valence-electron chi connectivity index (χ3n) is 3.61. The topological polar surface area (TPSA) is 89.3 Å². The lowest BCUT2D eigenvalue weighted by Crippen LogP contribution is -2.45. The Balaban J connectivity index is 2.40. The Morgan fingerprint density at radius 3 is 2.14 bits per heavy atom. The number of rotatable bonds is 3. The lowest BCUT2D eigenvalue weighted by Gasteiger charge is -2.24. The van der Waals surface area contributed by atoms with Gasteiger partial charge in [0.2, 0.25) is 5.91 Å². The molecule has 1 amide bonds. The van der Waals surface area contributed by atoms with Crippen LogP contribution in [0.2, 0.25) is 0 Å². The Hall–Kier alpha value is -2.27. The molecule has 0 fully saturated rings. The van der Waals surface area contributed by atoms with Gasteiger partial charge in [-0.25, -0.2) is 0 Å². The average Bonchev–Trinajstić information content (AvgIpc) is 2.45. The van der Waals surface area contributed by atoms with Gasteiger partial charge >= 0.3 is 0 Å². The number of ketones is 2. The third kappa shape index (κ3) is 2.64. The van der Waals surface area contributed by atoms with Crippen molar-refractivity contribution in [2.24, 2.45) is 5.73 Å². The Morgan fingerprint density at radius 1 is 1.10 bits per heavy atom. The number of Topliss-reactive ketones (excluding diaryl/α,β-unsaturated/α-hetero) is 2. The Bertz CT molecular complexity index is 659. The molecule has 0 saturated carbocycles. The first-order chi connectivity index (χ1) is 9.84. The third-order valence-corrected chi connectivity index (χ3v) is 3.61. The summed E-state index contributed by atoms with van der Waals surface area (Å²) in [6.45, 7) is 4.85. The lowest BCUT2D eigenvalue weighted by atomic mass is 9.82. The summed E-state index contributed by atoms with van der Waals surface area (Å²) in [5.41, 5.74) is 7.00. The second kappa shape index (κ2) is 5.61. The van der Waals surface area contributed by atoms with Crippen molar-refractivity contribution in [1.29, 1.82) is 0 Å². The van der Waals surface area contributed by atoms with Crippen molar-refractivity contribution in [3.05, 3.63) is 46.5 Å². The highest BCUT2D eigenvalue weighted by atomic mass is 16.2. The molecule has 0 heterocycles. The number of allylic oxidation sites excluding steroid dienone is 1. The quantitative estimate of drug-likeness (QED) is 0.874. The van der Waals surface area contributed by atoms with Gasteiger partial charge in [-0.05, 0) is 20.8 Å². The van der Waals surface area contributed by atoms with E-state index in [2.05, 4.69) is 5.32 Å². The summed E-state index contributed by atoms with van der Waals surface area (Å²) < 4.78 is 0. The van der Waals surface area contributed by atoms with E-state index in [0.717, 1.165) is 0 Å². The molecule has 1 aliphatic carbocycles. The van der Waals surface area contributed by atoms with Crippen LogP contribution in [0.15, 0.2) is 35.4 Å². The first-order valence-corrected chi connectivity index (χ1v) is 6.79. The fourth-order valence-corrected chi connectivity index (χ4v) is 2.46. The van der Waals surface area contributed by atoms with Gasteiger partial charge in [-0.3, -0.25) is 14.4 Å². The summed E-state index contributed by atoms with van der Waals surface area (Å²) in [7, 11) is 0. The van der Waals surface area contributed by atoms with Crippen LogP contribution in [0.25, 0.3) is 0 Å². The summed E-state index contributed by atoms with van der Waals surface area (Å²) in [6.07, 6.45) is 0. The summed E-state index contributed by atoms with van der Waals surface area (Å²) >= 11 is 0. The van der Waals surface area contributed by atoms with E-state index in [-0.39, 0.29) is 17.5 Å². The van der Waals surface area contributed by atoms with E-state index < -0.39 is 12.1 Å². The van der Waals surface area contributed by atoms with E-state index in [1.807, 2.05) is 0 Å². The van der Waals surface area contributed by atoms with Gasteiger partial charge in [-0.15, -0.1) is 0 Å². The van der Waals surface area contributed by atoms with Crippen LogP contribution in [0, 0.1) is 0 Å². The zero-order valence-electron chi connectivity index (χ0n) is 12.3. The first kappa shape index (κ1) is 15.1. The molecule has 3 N–H and O–H groups in total. The smallest absolute Gasteiger partial charge is 0.237 e. The molecule has 0 bridgehead atoms. The highest BCUT2D eigenvalue weighted by molar-refractivity contribution is 6.27. The molecule has 5 heteroatoms. The molecule has 5 nitrogen and oxygen atoms in total. The van der Waals surface area contributed by atoms with E-state index in [4.69, 9.17) is 5.73 Å². The predicted molar refractivity (Wildman–Crippen MR) is 79.1 cm³/mol. The molecule has 0 saturated heterocycles. The van der Waals surface area contributed by atoms with Gasteiger partial charge in [-0.2, -0.15) is 0 Å². The Morgan fingerprint density at radius 2 is 1.62 bits per heavy atom. The van der Waals surface area contributed by atoms with Gasteiger partial charge in [-0.1, -0.05) is 24.3 Å². The van der Waals surface area contributed by atoms with E-state index in [1.165, 1.54) is 0 Å². The molecular weight excluding hydrogens is 268 g/mol. The number of amides is 1. The summed E-state index contributed by atoms with van der Waals surface area (Å²) in [4.78, 5) is 36.6. The van der Waals surface area contributed by atoms with Crippen molar-refractivity contribution < 1.29 is 14.4 Å². The molecule has 0 aliphatic heterocycles. The molecule has 21 heavy (non-hydrogen) atoms. The second-order valence-electron chi connectivity index (χ2n) is 5.26. The SMILES string of the molecule is CC1=C(C(C)NC(=O)[C@H](C)N)C(=O)c2ccccc2C1=O. The maximum absolute atomic E-state index is 12.6. The minimum atomic E-state index is -0.671. The van der Waals surface area contributed by atoms with Gasteiger partial charge in [0.05, 0.1) is 12.1 Å². The van der Waals surface area contributed by atoms with Crippen LogP contribution < -0.4 is 11.1 Å². The monoisotopic (exact) mass is 286 g/mol. The van der Waals surface area contributed by atoms with Crippen LogP contribution in [-0.2, 0) is 4.79 Å². The predicted octanol–water partition coefficient (Wildman–Crippen LogP) is 1.23. The van der Waals surface area contributed by atoms with Crippen molar-refractivity contribution in [1.82, 2.24) is 5.32 Å². The summed E-state index contributed by atoms with van der Waals surface area (Å²) in [6, 6.07) is 5.48. The van der Waals surface area contributed by atoms with E-state index in [1.54, 1.807) is 45.0 Å². The second-order valence-corrected chi connectivity index (χ2v) is 5.26. The number of hydrogen-bond donors (Lipinski definition) is 2. The van der Waals surface area contributed by atoms with Crippen LogP contribution in [0.4, 0.5) is 0 Å². The molecule has 110 valence electrons. The number of fused-ring (bicyclic) bond motifs is 1. The van der Waals surface area contributed by atoms with E-state index >= 15 is 0 Å². The number of carbonyl (C=O) groups excluding carboxylic acids is 3. The molecule has 1 aromatic rings. The van der Waals surface area contributed by atoms with Crippen molar-refractivity contribution >= 4 is 17.5 Å². The normalized spacial score (nSPS) is 17.3. The molecule has 2 atom stereocenters. The lowest BCUT2D eigenvalue weighted by molar-refractivity contribution is -0.122. The maximum atomic E-state index is 12.6. The van der Waals surface area contributed by atoms with E-state index in [9.17, 15) is 14.4 Å². The summed E-state index contributed by atoms with van der Waals surface area (Å²) in [5.74, 6) is -0.760. The van der Waals surface area contributed by atoms with Crippen molar-refractivity contribution in [3.63, 3.8) is 0 Å². The fourth-order valence-electron chi connectivity index (χ4n) is 2.46. The highest BCUT2D eigenvalue weighted by Gasteiger charge is 2.32. The fraction of sp³-hybridized carbons (Fsp3) is 0.312. The number of benzene rings is 1. The number of nitrogens with one attached hydrogen (secondary N) is 1. The van der Waals surface area contributed by atoms with Gasteiger partial charge < -0.3 is 11.1 Å². The van der Waals surface area contributed by atoms with Gasteiger partial charge in [0.15, 0.2) is 11.6 Å². The molecular formula is C16H18N2O3. The molecule has 0 spiro atoms. The number of carbonyl (C=O) groups is 3. The van der Waals surface area contributed by atoms with Crippen molar-refractivity contribution in [2.45, 2.75) is 32.9 Å². The maximum Gasteiger partial charge on any atom is 0.237 e. The van der Waals surface area contributed by atoms with Crippen LogP contribution in [0.1, 0.15) is 41.5 Å². The van der Waals surface area contributed by atoms with Gasteiger partial charge in [0.1, 0.15) is 0 Å². The van der Waals surface area contributed by atoms with Crippen molar-refractivity contribution in [3.8, 4) is 0 Å². The van der Waals surface area contributed by atoms with E-state index in [0.29, 0.717) is 22.3 Å². The zero-order valence-corrected chi connectivity index (χ0v) is 12.3. The van der Waals surface area contributed by atoms with Crippen LogP contribution in [0.3, 0.4) is 0 Å². The van der Waals surface area contributed by atoms with Crippen molar-refractivity contribution in [2.75, 3.05) is 0 Å². The van der Waals surface area contributed by atoms with Gasteiger partial charge in [0, 0.05) is 22.3 Å². The number of hydrogen-bond acceptors (Lipinski definition) is 4. The zero-order chi connectivity index (χ0) is 15.7. The molecule has 1 aromatic carbocycles. The largest absolute Gasteiger partial charge is 0.348 e. The first-order valence-electron chi connectivity index (χ1n) is 6.79. The minimum absolute atomic E-state index is 0.179. The highest BCUT2D eigenvalue weighted by Crippen LogP contribution is 2.27. The molecule has 0 radical (unpaired) electrons. The van der Waals surface area contributed by atoms with Crippen LogP contribution >= 0.6 is 0 Å². The number of nitrogens with two attached hydrogens (primary N) is 1. The molecule has 1 unspecified atom stereocenters. The Kier molecular flexibility index (Phi) is 4.04.